The summed E-state index contributed by atoms with van der Waals surface area (Å²) in [6.45, 7) is 2.15. The Kier molecular flexibility index (Phi) is 4.58. The molecule has 4 heteroatoms. The van der Waals surface area contributed by atoms with Crippen molar-refractivity contribution < 1.29 is 14.6 Å². The predicted molar refractivity (Wildman–Crippen MR) is 63.0 cm³/mol. The predicted octanol–water partition coefficient (Wildman–Crippen LogP) is 1.13. The fourth-order valence-electron chi connectivity index (χ4n) is 1.61. The molecule has 0 saturated carbocycles. The first-order valence-electron chi connectivity index (χ1n) is 5.24. The summed E-state index contributed by atoms with van der Waals surface area (Å²) in [5, 5.41) is 9.71. The quantitative estimate of drug-likeness (QED) is 0.788. The van der Waals surface area contributed by atoms with Crippen LogP contribution in [-0.2, 0) is 0 Å². The van der Waals surface area contributed by atoms with E-state index in [1.54, 1.807) is 20.3 Å². The van der Waals surface area contributed by atoms with E-state index in [9.17, 15) is 5.11 Å². The average Bonchev–Trinajstić information content (AvgIpc) is 2.35. The second-order valence-electron chi connectivity index (χ2n) is 3.70. The highest BCUT2D eigenvalue weighted by atomic mass is 16.5. The SMILES string of the molecule is COc1ccc(C(C)C(O)CN)c(OC)c1. The van der Waals surface area contributed by atoms with Gasteiger partial charge in [0.25, 0.3) is 0 Å². The fraction of sp³-hybridized carbons (Fsp3) is 0.500. The van der Waals surface area contributed by atoms with Crippen molar-refractivity contribution in [2.24, 2.45) is 5.73 Å². The molecule has 2 unspecified atom stereocenters. The van der Waals surface area contributed by atoms with Gasteiger partial charge < -0.3 is 20.3 Å². The monoisotopic (exact) mass is 225 g/mol. The van der Waals surface area contributed by atoms with E-state index >= 15 is 0 Å². The lowest BCUT2D eigenvalue weighted by atomic mass is 9.94. The Morgan fingerprint density at radius 3 is 2.50 bits per heavy atom. The number of aliphatic hydroxyl groups is 1. The number of hydrogen-bond acceptors (Lipinski definition) is 4. The highest BCUT2D eigenvalue weighted by Gasteiger charge is 2.18. The molecule has 0 heterocycles. The molecular weight excluding hydrogens is 206 g/mol. The van der Waals surface area contributed by atoms with Crippen LogP contribution in [0.3, 0.4) is 0 Å². The maximum Gasteiger partial charge on any atom is 0.126 e. The molecule has 16 heavy (non-hydrogen) atoms. The van der Waals surface area contributed by atoms with Crippen LogP contribution in [0.2, 0.25) is 0 Å². The summed E-state index contributed by atoms with van der Waals surface area (Å²) in [4.78, 5) is 0. The summed E-state index contributed by atoms with van der Waals surface area (Å²) in [5.41, 5.74) is 6.37. The molecule has 0 amide bonds. The molecule has 1 aromatic rings. The van der Waals surface area contributed by atoms with E-state index in [1.807, 2.05) is 19.1 Å². The van der Waals surface area contributed by atoms with Gasteiger partial charge in [-0.3, -0.25) is 0 Å². The lowest BCUT2D eigenvalue weighted by molar-refractivity contribution is 0.156. The van der Waals surface area contributed by atoms with Crippen molar-refractivity contribution in [3.05, 3.63) is 23.8 Å². The lowest BCUT2D eigenvalue weighted by Gasteiger charge is -2.20. The third kappa shape index (κ3) is 2.65. The van der Waals surface area contributed by atoms with E-state index < -0.39 is 6.10 Å². The molecule has 0 bridgehead atoms. The molecule has 0 radical (unpaired) electrons. The van der Waals surface area contributed by atoms with Gasteiger partial charge in [0.2, 0.25) is 0 Å². The van der Waals surface area contributed by atoms with Gasteiger partial charge in [-0.05, 0) is 11.6 Å². The lowest BCUT2D eigenvalue weighted by Crippen LogP contribution is -2.25. The Hall–Kier alpha value is -1.26. The van der Waals surface area contributed by atoms with E-state index in [0.29, 0.717) is 5.75 Å². The maximum absolute atomic E-state index is 9.71. The van der Waals surface area contributed by atoms with Gasteiger partial charge in [-0.1, -0.05) is 13.0 Å². The summed E-state index contributed by atoms with van der Waals surface area (Å²) < 4.78 is 10.4. The molecule has 0 aliphatic heterocycles. The second kappa shape index (κ2) is 5.72. The molecule has 2 atom stereocenters. The van der Waals surface area contributed by atoms with Crippen molar-refractivity contribution in [2.45, 2.75) is 18.9 Å². The van der Waals surface area contributed by atoms with Crippen LogP contribution < -0.4 is 15.2 Å². The molecule has 0 aromatic heterocycles. The van der Waals surface area contributed by atoms with E-state index in [2.05, 4.69) is 0 Å². The van der Waals surface area contributed by atoms with E-state index in [-0.39, 0.29) is 12.5 Å². The zero-order chi connectivity index (χ0) is 12.1. The molecule has 1 aromatic carbocycles. The Morgan fingerprint density at radius 2 is 2.00 bits per heavy atom. The van der Waals surface area contributed by atoms with Gasteiger partial charge >= 0.3 is 0 Å². The minimum atomic E-state index is -0.567. The van der Waals surface area contributed by atoms with Crippen molar-refractivity contribution in [1.82, 2.24) is 0 Å². The Labute approximate surface area is 96.0 Å². The number of hydrogen-bond donors (Lipinski definition) is 2. The first kappa shape index (κ1) is 12.8. The number of aliphatic hydroxyl groups excluding tert-OH is 1. The van der Waals surface area contributed by atoms with Crippen LogP contribution in [-0.4, -0.2) is 32.0 Å². The molecule has 0 aliphatic rings. The fourth-order valence-corrected chi connectivity index (χ4v) is 1.61. The molecule has 0 aliphatic carbocycles. The molecule has 0 spiro atoms. The van der Waals surface area contributed by atoms with Gasteiger partial charge in [0, 0.05) is 18.5 Å². The number of ether oxygens (including phenoxy) is 2. The van der Waals surface area contributed by atoms with E-state index in [0.717, 1.165) is 11.3 Å². The summed E-state index contributed by atoms with van der Waals surface area (Å²) in [5.74, 6) is 1.38. The maximum atomic E-state index is 9.71. The van der Waals surface area contributed by atoms with Crippen LogP contribution >= 0.6 is 0 Å². The van der Waals surface area contributed by atoms with Crippen LogP contribution in [0.4, 0.5) is 0 Å². The van der Waals surface area contributed by atoms with Crippen LogP contribution in [0.15, 0.2) is 18.2 Å². The van der Waals surface area contributed by atoms with Crippen molar-refractivity contribution >= 4 is 0 Å². The van der Waals surface area contributed by atoms with E-state index in [4.69, 9.17) is 15.2 Å². The van der Waals surface area contributed by atoms with Crippen LogP contribution in [0, 0.1) is 0 Å². The van der Waals surface area contributed by atoms with Gasteiger partial charge in [0.15, 0.2) is 0 Å². The van der Waals surface area contributed by atoms with Gasteiger partial charge in [0.05, 0.1) is 20.3 Å². The molecule has 4 nitrogen and oxygen atoms in total. The Balaban J connectivity index is 3.03. The van der Waals surface area contributed by atoms with Gasteiger partial charge in [0.1, 0.15) is 11.5 Å². The first-order valence-corrected chi connectivity index (χ1v) is 5.24. The van der Waals surface area contributed by atoms with Crippen LogP contribution in [0.25, 0.3) is 0 Å². The van der Waals surface area contributed by atoms with Crippen molar-refractivity contribution in [3.63, 3.8) is 0 Å². The standard InChI is InChI=1S/C12H19NO3/c1-8(11(14)7-13)10-5-4-9(15-2)6-12(10)16-3/h4-6,8,11,14H,7,13H2,1-3H3. The smallest absolute Gasteiger partial charge is 0.126 e. The average molecular weight is 225 g/mol. The zero-order valence-electron chi connectivity index (χ0n) is 9.93. The number of nitrogens with two attached hydrogens (primary N) is 1. The van der Waals surface area contributed by atoms with Crippen LogP contribution in [0.1, 0.15) is 18.4 Å². The van der Waals surface area contributed by atoms with Crippen molar-refractivity contribution in [1.29, 1.82) is 0 Å². The minimum Gasteiger partial charge on any atom is -0.497 e. The summed E-state index contributed by atoms with van der Waals surface area (Å²) in [6.07, 6.45) is -0.567. The summed E-state index contributed by atoms with van der Waals surface area (Å²) in [7, 11) is 3.20. The number of benzene rings is 1. The molecule has 90 valence electrons. The molecule has 0 fully saturated rings. The largest absolute Gasteiger partial charge is 0.497 e. The Morgan fingerprint density at radius 1 is 1.31 bits per heavy atom. The van der Waals surface area contributed by atoms with Crippen molar-refractivity contribution in [3.8, 4) is 11.5 Å². The minimum absolute atomic E-state index is 0.0640. The summed E-state index contributed by atoms with van der Waals surface area (Å²) in [6, 6.07) is 5.54. The number of methoxy groups -OCH3 is 2. The highest BCUT2D eigenvalue weighted by Crippen LogP contribution is 2.31. The van der Waals surface area contributed by atoms with Crippen LogP contribution in [0.5, 0.6) is 11.5 Å². The van der Waals surface area contributed by atoms with Gasteiger partial charge in [-0.2, -0.15) is 0 Å². The Bertz CT molecular complexity index is 341. The van der Waals surface area contributed by atoms with E-state index in [1.165, 1.54) is 0 Å². The third-order valence-corrected chi connectivity index (χ3v) is 2.75. The second-order valence-corrected chi connectivity index (χ2v) is 3.70. The highest BCUT2D eigenvalue weighted by molar-refractivity contribution is 5.42. The first-order chi connectivity index (χ1) is 7.63. The van der Waals surface area contributed by atoms with Crippen molar-refractivity contribution in [2.75, 3.05) is 20.8 Å². The van der Waals surface area contributed by atoms with Gasteiger partial charge in [-0.15, -0.1) is 0 Å². The van der Waals surface area contributed by atoms with Gasteiger partial charge in [-0.25, -0.2) is 0 Å². The molecule has 3 N–H and O–H groups in total. The summed E-state index contributed by atoms with van der Waals surface area (Å²) >= 11 is 0. The molecule has 1 rings (SSSR count). The normalized spacial score (nSPS) is 14.3. The third-order valence-electron chi connectivity index (χ3n) is 2.75. The molecule has 0 saturated heterocycles. The zero-order valence-corrected chi connectivity index (χ0v) is 9.93. The number of rotatable bonds is 5. The molecular formula is C12H19NO3. The topological polar surface area (TPSA) is 64.7 Å².